The van der Waals surface area contributed by atoms with E-state index in [1.165, 1.54) is 12.3 Å². The molecule has 0 radical (unpaired) electrons. The van der Waals surface area contributed by atoms with Crippen molar-refractivity contribution in [1.82, 2.24) is 0 Å². The van der Waals surface area contributed by atoms with Gasteiger partial charge in [0.1, 0.15) is 5.82 Å². The summed E-state index contributed by atoms with van der Waals surface area (Å²) in [5.41, 5.74) is 3.84. The van der Waals surface area contributed by atoms with E-state index in [1.54, 1.807) is 0 Å². The molecule has 0 bridgehead atoms. The van der Waals surface area contributed by atoms with E-state index in [1.807, 2.05) is 30.3 Å². The summed E-state index contributed by atoms with van der Waals surface area (Å²) in [6, 6.07) is 11.3. The van der Waals surface area contributed by atoms with E-state index in [0.29, 0.717) is 12.5 Å². The lowest BCUT2D eigenvalue weighted by molar-refractivity contribution is 0.275. The second kappa shape index (κ2) is 8.27. The first-order valence-corrected chi connectivity index (χ1v) is 7.52. The fourth-order valence-electron chi connectivity index (χ4n) is 1.91. The van der Waals surface area contributed by atoms with Crippen molar-refractivity contribution in [3.63, 3.8) is 0 Å². The lowest BCUT2D eigenvalue weighted by Crippen LogP contribution is -2.06. The predicted molar refractivity (Wildman–Crippen MR) is 89.0 cm³/mol. The molecule has 3 nitrogen and oxygen atoms in total. The Labute approximate surface area is 135 Å². The standard InChI is InChI=1S/C18H20F2N2O/c1-13(2)8-9-23-18-14(10-15(19)11-17(18)20)12-21-22-16-6-4-3-5-7-16/h3-7,10-13,22H,8-9H2,1-2H3. The van der Waals surface area contributed by atoms with Crippen LogP contribution in [-0.2, 0) is 0 Å². The number of ether oxygens (including phenoxy) is 1. The number of rotatable bonds is 7. The van der Waals surface area contributed by atoms with Gasteiger partial charge in [-0.15, -0.1) is 0 Å². The summed E-state index contributed by atoms with van der Waals surface area (Å²) in [6.07, 6.45) is 2.14. The van der Waals surface area contributed by atoms with Gasteiger partial charge in [0, 0.05) is 11.6 Å². The number of anilines is 1. The van der Waals surface area contributed by atoms with Crippen LogP contribution in [0.4, 0.5) is 14.5 Å². The third-order valence-corrected chi connectivity index (χ3v) is 3.15. The van der Waals surface area contributed by atoms with E-state index in [-0.39, 0.29) is 11.3 Å². The van der Waals surface area contributed by atoms with Crippen molar-refractivity contribution in [2.75, 3.05) is 12.0 Å². The maximum absolute atomic E-state index is 13.9. The van der Waals surface area contributed by atoms with Crippen molar-refractivity contribution in [3.8, 4) is 5.75 Å². The first-order chi connectivity index (χ1) is 11.1. The van der Waals surface area contributed by atoms with Crippen molar-refractivity contribution in [3.05, 3.63) is 59.7 Å². The van der Waals surface area contributed by atoms with Crippen LogP contribution >= 0.6 is 0 Å². The average Bonchev–Trinajstić information content (AvgIpc) is 2.50. The lowest BCUT2D eigenvalue weighted by atomic mass is 10.1. The molecule has 2 rings (SSSR count). The topological polar surface area (TPSA) is 33.6 Å². The normalized spacial score (nSPS) is 11.2. The molecule has 0 unspecified atom stereocenters. The summed E-state index contributed by atoms with van der Waals surface area (Å²) in [4.78, 5) is 0. The Kier molecular flexibility index (Phi) is 6.09. The summed E-state index contributed by atoms with van der Waals surface area (Å²) < 4.78 is 32.8. The van der Waals surface area contributed by atoms with E-state index >= 15 is 0 Å². The monoisotopic (exact) mass is 318 g/mol. The van der Waals surface area contributed by atoms with Crippen molar-refractivity contribution >= 4 is 11.9 Å². The molecule has 122 valence electrons. The molecule has 2 aromatic rings. The highest BCUT2D eigenvalue weighted by molar-refractivity contribution is 5.84. The average molecular weight is 318 g/mol. The van der Waals surface area contributed by atoms with Crippen LogP contribution in [0.1, 0.15) is 25.8 Å². The molecule has 5 heteroatoms. The molecule has 0 atom stereocenters. The maximum atomic E-state index is 13.9. The summed E-state index contributed by atoms with van der Waals surface area (Å²) in [7, 11) is 0. The SMILES string of the molecule is CC(C)CCOc1c(F)cc(F)cc1C=NNc1ccccc1. The Morgan fingerprint density at radius 2 is 1.91 bits per heavy atom. The molecule has 0 aliphatic carbocycles. The summed E-state index contributed by atoms with van der Waals surface area (Å²) in [6.45, 7) is 4.47. The van der Waals surface area contributed by atoms with Gasteiger partial charge < -0.3 is 4.74 Å². The van der Waals surface area contributed by atoms with Crippen LogP contribution in [0.25, 0.3) is 0 Å². The van der Waals surface area contributed by atoms with Gasteiger partial charge >= 0.3 is 0 Å². The number of nitrogens with zero attached hydrogens (tertiary/aromatic N) is 1. The van der Waals surface area contributed by atoms with Gasteiger partial charge in [0.05, 0.1) is 18.5 Å². The minimum atomic E-state index is -0.727. The van der Waals surface area contributed by atoms with Crippen LogP contribution in [0.15, 0.2) is 47.6 Å². The first kappa shape index (κ1) is 16.9. The molecule has 2 aromatic carbocycles. The zero-order chi connectivity index (χ0) is 16.7. The van der Waals surface area contributed by atoms with Crippen LogP contribution in [0.3, 0.4) is 0 Å². The van der Waals surface area contributed by atoms with Crippen molar-refractivity contribution in [1.29, 1.82) is 0 Å². The van der Waals surface area contributed by atoms with Crippen molar-refractivity contribution in [2.24, 2.45) is 11.0 Å². The molecule has 0 aromatic heterocycles. The largest absolute Gasteiger partial charge is 0.490 e. The van der Waals surface area contributed by atoms with Crippen LogP contribution in [-0.4, -0.2) is 12.8 Å². The van der Waals surface area contributed by atoms with Crippen LogP contribution in [0.5, 0.6) is 5.75 Å². The van der Waals surface area contributed by atoms with Gasteiger partial charge in [-0.2, -0.15) is 5.10 Å². The molecule has 0 amide bonds. The van der Waals surface area contributed by atoms with E-state index < -0.39 is 11.6 Å². The van der Waals surface area contributed by atoms with E-state index in [9.17, 15) is 8.78 Å². The Balaban J connectivity index is 2.12. The van der Waals surface area contributed by atoms with Gasteiger partial charge in [-0.1, -0.05) is 32.0 Å². The third kappa shape index (κ3) is 5.36. The van der Waals surface area contributed by atoms with E-state index in [2.05, 4.69) is 24.4 Å². The quantitative estimate of drug-likeness (QED) is 0.585. The Bertz CT molecular complexity index is 658. The minimum Gasteiger partial charge on any atom is -0.490 e. The van der Waals surface area contributed by atoms with Gasteiger partial charge in [-0.05, 0) is 30.5 Å². The molecular weight excluding hydrogens is 298 g/mol. The first-order valence-electron chi connectivity index (χ1n) is 7.52. The van der Waals surface area contributed by atoms with Crippen molar-refractivity contribution < 1.29 is 13.5 Å². The zero-order valence-electron chi connectivity index (χ0n) is 13.2. The van der Waals surface area contributed by atoms with Crippen LogP contribution in [0.2, 0.25) is 0 Å². The number of halogens is 2. The highest BCUT2D eigenvalue weighted by atomic mass is 19.1. The fourth-order valence-corrected chi connectivity index (χ4v) is 1.91. The summed E-state index contributed by atoms with van der Waals surface area (Å²) >= 11 is 0. The second-order valence-electron chi connectivity index (χ2n) is 5.57. The molecule has 23 heavy (non-hydrogen) atoms. The minimum absolute atomic E-state index is 0.0191. The molecule has 0 spiro atoms. The number of hydrazone groups is 1. The Morgan fingerprint density at radius 3 is 2.61 bits per heavy atom. The van der Waals surface area contributed by atoms with Crippen LogP contribution < -0.4 is 10.2 Å². The molecule has 0 saturated carbocycles. The summed E-state index contributed by atoms with van der Waals surface area (Å²) in [5.74, 6) is -0.934. The number of nitrogens with one attached hydrogen (secondary N) is 1. The number of hydrogen-bond donors (Lipinski definition) is 1. The molecule has 0 aliphatic rings. The highest BCUT2D eigenvalue weighted by Crippen LogP contribution is 2.23. The molecular formula is C18H20F2N2O. The number of benzene rings is 2. The van der Waals surface area contributed by atoms with Gasteiger partial charge in [0.15, 0.2) is 11.6 Å². The van der Waals surface area contributed by atoms with Crippen molar-refractivity contribution in [2.45, 2.75) is 20.3 Å². The maximum Gasteiger partial charge on any atom is 0.168 e. The molecule has 0 heterocycles. The second-order valence-corrected chi connectivity index (χ2v) is 5.57. The predicted octanol–water partition coefficient (Wildman–Crippen LogP) is 4.84. The fraction of sp³-hybridized carbons (Fsp3) is 0.278. The molecule has 0 fully saturated rings. The van der Waals surface area contributed by atoms with E-state index in [4.69, 9.17) is 4.74 Å². The van der Waals surface area contributed by atoms with Gasteiger partial charge in [0.2, 0.25) is 0 Å². The zero-order valence-corrected chi connectivity index (χ0v) is 13.2. The highest BCUT2D eigenvalue weighted by Gasteiger charge is 2.12. The van der Waals surface area contributed by atoms with Crippen LogP contribution in [0, 0.1) is 17.6 Å². The Hall–Kier alpha value is -2.43. The molecule has 0 aliphatic heterocycles. The van der Waals surface area contributed by atoms with Gasteiger partial charge in [-0.25, -0.2) is 8.78 Å². The smallest absolute Gasteiger partial charge is 0.168 e. The lowest BCUT2D eigenvalue weighted by Gasteiger charge is -2.11. The number of hydrogen-bond acceptors (Lipinski definition) is 3. The third-order valence-electron chi connectivity index (χ3n) is 3.15. The summed E-state index contributed by atoms with van der Waals surface area (Å²) in [5, 5.41) is 4.01. The Morgan fingerprint density at radius 1 is 1.17 bits per heavy atom. The van der Waals surface area contributed by atoms with E-state index in [0.717, 1.165) is 18.2 Å². The van der Waals surface area contributed by atoms with Gasteiger partial charge in [0.25, 0.3) is 0 Å². The molecule has 1 N–H and O–H groups in total. The number of para-hydroxylation sites is 1. The molecule has 0 saturated heterocycles. The van der Waals surface area contributed by atoms with Gasteiger partial charge in [-0.3, -0.25) is 5.43 Å².